The first-order chi connectivity index (χ1) is 11.6. The summed E-state index contributed by atoms with van der Waals surface area (Å²) in [4.78, 5) is 12.1. The molecule has 0 aliphatic rings. The molecular weight excluding hydrogens is 320 g/mol. The highest BCUT2D eigenvalue weighted by Gasteiger charge is 2.16. The average Bonchev–Trinajstić information content (AvgIpc) is 2.57. The SMILES string of the molecule is CCOC(=O)Cc1c(C)cc2ccccc2c1-c1ccc(Cl)cc1. The van der Waals surface area contributed by atoms with Crippen molar-refractivity contribution in [1.82, 2.24) is 0 Å². The number of rotatable bonds is 4. The normalized spacial score (nSPS) is 10.8. The molecule has 0 aromatic heterocycles. The van der Waals surface area contributed by atoms with Gasteiger partial charge in [0.1, 0.15) is 0 Å². The molecule has 0 unspecified atom stereocenters. The van der Waals surface area contributed by atoms with Gasteiger partial charge in [0.2, 0.25) is 0 Å². The zero-order valence-corrected chi connectivity index (χ0v) is 14.6. The summed E-state index contributed by atoms with van der Waals surface area (Å²) in [5.74, 6) is -0.203. The van der Waals surface area contributed by atoms with Crippen LogP contribution in [0.4, 0.5) is 0 Å². The predicted octanol–water partition coefficient (Wildman–Crippen LogP) is 5.57. The Bertz CT molecular complexity index is 882. The first-order valence-corrected chi connectivity index (χ1v) is 8.40. The van der Waals surface area contributed by atoms with Crippen LogP contribution in [0.15, 0.2) is 54.6 Å². The lowest BCUT2D eigenvalue weighted by molar-refractivity contribution is -0.142. The Morgan fingerprint density at radius 3 is 2.50 bits per heavy atom. The van der Waals surface area contributed by atoms with E-state index in [1.165, 1.54) is 0 Å². The Morgan fingerprint density at radius 2 is 1.79 bits per heavy atom. The van der Waals surface area contributed by atoms with Gasteiger partial charge in [-0.2, -0.15) is 0 Å². The van der Waals surface area contributed by atoms with Crippen LogP contribution < -0.4 is 0 Å². The summed E-state index contributed by atoms with van der Waals surface area (Å²) >= 11 is 6.04. The van der Waals surface area contributed by atoms with Crippen molar-refractivity contribution in [3.63, 3.8) is 0 Å². The van der Waals surface area contributed by atoms with E-state index in [0.29, 0.717) is 11.6 Å². The predicted molar refractivity (Wildman–Crippen MR) is 99.5 cm³/mol. The van der Waals surface area contributed by atoms with Crippen LogP contribution in [0.2, 0.25) is 5.02 Å². The lowest BCUT2D eigenvalue weighted by atomic mass is 9.88. The highest BCUT2D eigenvalue weighted by atomic mass is 35.5. The number of carbonyl (C=O) groups is 1. The molecule has 0 bridgehead atoms. The third kappa shape index (κ3) is 3.29. The zero-order valence-electron chi connectivity index (χ0n) is 13.8. The summed E-state index contributed by atoms with van der Waals surface area (Å²) in [5.41, 5.74) is 4.23. The molecule has 0 amide bonds. The number of hydrogen-bond acceptors (Lipinski definition) is 2. The first kappa shape index (κ1) is 16.5. The van der Waals surface area contributed by atoms with Crippen molar-refractivity contribution >= 4 is 28.3 Å². The molecule has 0 aliphatic heterocycles. The number of hydrogen-bond donors (Lipinski definition) is 0. The lowest BCUT2D eigenvalue weighted by Gasteiger charge is -2.16. The topological polar surface area (TPSA) is 26.3 Å². The molecule has 0 saturated carbocycles. The van der Waals surface area contributed by atoms with Gasteiger partial charge < -0.3 is 4.74 Å². The molecule has 0 fully saturated rings. The second-order valence-corrected chi connectivity index (χ2v) is 6.19. The molecule has 0 radical (unpaired) electrons. The van der Waals surface area contributed by atoms with E-state index < -0.39 is 0 Å². The fourth-order valence-corrected chi connectivity index (χ4v) is 3.19. The summed E-state index contributed by atoms with van der Waals surface area (Å²) in [6, 6.07) is 18.1. The maximum Gasteiger partial charge on any atom is 0.310 e. The summed E-state index contributed by atoms with van der Waals surface area (Å²) in [6.45, 7) is 4.26. The summed E-state index contributed by atoms with van der Waals surface area (Å²) < 4.78 is 5.16. The molecule has 3 rings (SSSR count). The standard InChI is InChI=1S/C21H19ClO2/c1-3-24-20(23)13-19-14(2)12-16-6-4-5-7-18(16)21(19)15-8-10-17(22)11-9-15/h4-12H,3,13H2,1-2H3. The lowest BCUT2D eigenvalue weighted by Crippen LogP contribution is -2.10. The number of fused-ring (bicyclic) bond motifs is 1. The summed E-state index contributed by atoms with van der Waals surface area (Å²) in [7, 11) is 0. The molecule has 0 saturated heterocycles. The van der Waals surface area contributed by atoms with Crippen LogP contribution in [0.25, 0.3) is 21.9 Å². The molecule has 122 valence electrons. The van der Waals surface area contributed by atoms with Crippen molar-refractivity contribution in [3.05, 3.63) is 70.7 Å². The zero-order chi connectivity index (χ0) is 17.1. The van der Waals surface area contributed by atoms with Crippen molar-refractivity contribution in [2.75, 3.05) is 6.61 Å². The van der Waals surface area contributed by atoms with Crippen LogP contribution >= 0.6 is 11.6 Å². The Kier molecular flexibility index (Phi) is 4.86. The average molecular weight is 339 g/mol. The van der Waals surface area contributed by atoms with E-state index in [9.17, 15) is 4.79 Å². The minimum Gasteiger partial charge on any atom is -0.466 e. The Balaban J connectivity index is 2.25. The third-order valence-electron chi connectivity index (χ3n) is 4.14. The van der Waals surface area contributed by atoms with Gasteiger partial charge in [0.15, 0.2) is 0 Å². The van der Waals surface area contributed by atoms with Crippen molar-refractivity contribution in [3.8, 4) is 11.1 Å². The first-order valence-electron chi connectivity index (χ1n) is 8.03. The van der Waals surface area contributed by atoms with E-state index in [0.717, 1.165) is 33.0 Å². The minimum atomic E-state index is -0.203. The number of aryl methyl sites for hydroxylation is 1. The van der Waals surface area contributed by atoms with E-state index in [1.807, 2.05) is 50.2 Å². The van der Waals surface area contributed by atoms with E-state index in [-0.39, 0.29) is 12.4 Å². The molecule has 3 aromatic rings. The third-order valence-corrected chi connectivity index (χ3v) is 4.39. The van der Waals surface area contributed by atoms with Gasteiger partial charge >= 0.3 is 5.97 Å². The quantitative estimate of drug-likeness (QED) is 0.581. The number of carbonyl (C=O) groups excluding carboxylic acids is 1. The van der Waals surface area contributed by atoms with E-state index in [1.54, 1.807) is 0 Å². The van der Waals surface area contributed by atoms with Gasteiger partial charge in [-0.3, -0.25) is 4.79 Å². The van der Waals surface area contributed by atoms with Crippen LogP contribution in [0.3, 0.4) is 0 Å². The minimum absolute atomic E-state index is 0.203. The van der Waals surface area contributed by atoms with E-state index >= 15 is 0 Å². The smallest absolute Gasteiger partial charge is 0.310 e. The van der Waals surface area contributed by atoms with Crippen molar-refractivity contribution in [2.24, 2.45) is 0 Å². The highest BCUT2D eigenvalue weighted by molar-refractivity contribution is 6.30. The molecule has 2 nitrogen and oxygen atoms in total. The van der Waals surface area contributed by atoms with Gasteiger partial charge in [-0.1, -0.05) is 54.1 Å². The Hall–Kier alpha value is -2.32. The van der Waals surface area contributed by atoms with Crippen LogP contribution in [0.1, 0.15) is 18.1 Å². The second kappa shape index (κ2) is 7.06. The molecule has 3 aromatic carbocycles. The van der Waals surface area contributed by atoms with Crippen LogP contribution in [-0.4, -0.2) is 12.6 Å². The largest absolute Gasteiger partial charge is 0.466 e. The van der Waals surface area contributed by atoms with Crippen molar-refractivity contribution < 1.29 is 9.53 Å². The van der Waals surface area contributed by atoms with Crippen LogP contribution in [-0.2, 0) is 16.0 Å². The highest BCUT2D eigenvalue weighted by Crippen LogP contribution is 2.35. The fraction of sp³-hybridized carbons (Fsp3) is 0.190. The van der Waals surface area contributed by atoms with Gasteiger partial charge in [0, 0.05) is 5.02 Å². The molecule has 0 atom stereocenters. The van der Waals surface area contributed by atoms with E-state index in [4.69, 9.17) is 16.3 Å². The van der Waals surface area contributed by atoms with Crippen molar-refractivity contribution in [1.29, 1.82) is 0 Å². The van der Waals surface area contributed by atoms with Crippen LogP contribution in [0, 0.1) is 6.92 Å². The number of halogens is 1. The van der Waals surface area contributed by atoms with Crippen LogP contribution in [0.5, 0.6) is 0 Å². The van der Waals surface area contributed by atoms with Gasteiger partial charge in [-0.15, -0.1) is 0 Å². The number of esters is 1. The molecule has 0 N–H and O–H groups in total. The van der Waals surface area contributed by atoms with Crippen molar-refractivity contribution in [2.45, 2.75) is 20.3 Å². The molecule has 0 heterocycles. The van der Waals surface area contributed by atoms with Gasteiger partial charge in [-0.05, 0) is 59.0 Å². The van der Waals surface area contributed by atoms with Gasteiger partial charge in [0.05, 0.1) is 13.0 Å². The monoisotopic (exact) mass is 338 g/mol. The molecular formula is C21H19ClO2. The Morgan fingerprint density at radius 1 is 1.08 bits per heavy atom. The molecule has 24 heavy (non-hydrogen) atoms. The number of benzene rings is 3. The summed E-state index contributed by atoms with van der Waals surface area (Å²) in [6.07, 6.45) is 0.266. The Labute approximate surface area is 147 Å². The van der Waals surface area contributed by atoms with Gasteiger partial charge in [-0.25, -0.2) is 0 Å². The number of ether oxygens (including phenoxy) is 1. The fourth-order valence-electron chi connectivity index (χ4n) is 3.06. The summed E-state index contributed by atoms with van der Waals surface area (Å²) in [5, 5.41) is 2.99. The molecule has 0 aliphatic carbocycles. The van der Waals surface area contributed by atoms with E-state index in [2.05, 4.69) is 18.2 Å². The molecule has 3 heteroatoms. The second-order valence-electron chi connectivity index (χ2n) is 5.76. The molecule has 0 spiro atoms. The maximum absolute atomic E-state index is 12.1. The van der Waals surface area contributed by atoms with Gasteiger partial charge in [0.25, 0.3) is 0 Å². The maximum atomic E-state index is 12.1.